The van der Waals surface area contributed by atoms with Crippen LogP contribution < -0.4 is 15.4 Å². The predicted octanol–water partition coefficient (Wildman–Crippen LogP) is 2.09. The zero-order valence-corrected chi connectivity index (χ0v) is 17.2. The summed E-state index contributed by atoms with van der Waals surface area (Å²) >= 11 is 0. The molecule has 1 fully saturated rings. The van der Waals surface area contributed by atoms with Gasteiger partial charge in [0.05, 0.1) is 12.6 Å². The summed E-state index contributed by atoms with van der Waals surface area (Å²) in [4.78, 5) is 18.0. The van der Waals surface area contributed by atoms with Crippen molar-refractivity contribution < 1.29 is 14.3 Å². The molecule has 1 unspecified atom stereocenters. The van der Waals surface area contributed by atoms with Gasteiger partial charge in [0.2, 0.25) is 5.91 Å². The third-order valence-electron chi connectivity index (χ3n) is 5.49. The van der Waals surface area contributed by atoms with Crippen LogP contribution in [0.2, 0.25) is 0 Å². The van der Waals surface area contributed by atoms with Gasteiger partial charge in [-0.25, -0.2) is 4.99 Å². The number of benzene rings is 1. The summed E-state index contributed by atoms with van der Waals surface area (Å²) in [5.41, 5.74) is 1.04. The Labute approximate surface area is 167 Å². The SMILES string of the molecule is COCCNC(=NCC(=O)N(C)C)NC1CC2(CCCC2)Oc2ccccc21. The first kappa shape index (κ1) is 20.5. The highest BCUT2D eigenvalue weighted by atomic mass is 16.5. The first-order chi connectivity index (χ1) is 13.5. The number of fused-ring (bicyclic) bond motifs is 1. The summed E-state index contributed by atoms with van der Waals surface area (Å²) in [6, 6.07) is 8.30. The Bertz CT molecular complexity index is 699. The molecule has 1 atom stereocenters. The van der Waals surface area contributed by atoms with Gasteiger partial charge in [0.15, 0.2) is 5.96 Å². The van der Waals surface area contributed by atoms with Crippen LogP contribution in [0.5, 0.6) is 5.75 Å². The second-order valence-electron chi connectivity index (χ2n) is 7.80. The number of rotatable bonds is 6. The standard InChI is InChI=1S/C21H32N4O3/c1-25(2)19(26)15-23-20(22-12-13-27-3)24-17-14-21(10-6-7-11-21)28-18-9-5-4-8-16(17)18/h4-5,8-9,17H,6-7,10-15H2,1-3H3,(H2,22,23,24). The smallest absolute Gasteiger partial charge is 0.243 e. The van der Waals surface area contributed by atoms with Crippen molar-refractivity contribution >= 4 is 11.9 Å². The van der Waals surface area contributed by atoms with Crippen molar-refractivity contribution in [3.63, 3.8) is 0 Å². The maximum atomic E-state index is 12.0. The zero-order chi connectivity index (χ0) is 20.0. The fourth-order valence-electron chi connectivity index (χ4n) is 3.95. The van der Waals surface area contributed by atoms with E-state index in [4.69, 9.17) is 9.47 Å². The van der Waals surface area contributed by atoms with Crippen molar-refractivity contribution in [2.45, 2.75) is 43.7 Å². The fourth-order valence-corrected chi connectivity index (χ4v) is 3.95. The molecule has 1 aromatic rings. The molecule has 154 valence electrons. The molecule has 28 heavy (non-hydrogen) atoms. The molecule has 1 spiro atoms. The molecule has 7 heteroatoms. The second-order valence-corrected chi connectivity index (χ2v) is 7.80. The van der Waals surface area contributed by atoms with Crippen LogP contribution in [0.4, 0.5) is 0 Å². The molecule has 7 nitrogen and oxygen atoms in total. The molecule has 2 aliphatic rings. The quantitative estimate of drug-likeness (QED) is 0.443. The van der Waals surface area contributed by atoms with Crippen molar-refractivity contribution in [2.75, 3.05) is 40.9 Å². The monoisotopic (exact) mass is 388 g/mol. The van der Waals surface area contributed by atoms with Gasteiger partial charge in [0.1, 0.15) is 17.9 Å². The van der Waals surface area contributed by atoms with E-state index in [9.17, 15) is 4.79 Å². The number of guanidine groups is 1. The van der Waals surface area contributed by atoms with E-state index in [1.807, 2.05) is 18.2 Å². The Kier molecular flexibility index (Phi) is 6.78. The molecule has 1 aliphatic heterocycles. The van der Waals surface area contributed by atoms with Crippen LogP contribution in [-0.2, 0) is 9.53 Å². The first-order valence-corrected chi connectivity index (χ1v) is 10.0. The minimum atomic E-state index is -0.0941. The number of amides is 1. The van der Waals surface area contributed by atoms with Crippen LogP contribution >= 0.6 is 0 Å². The Morgan fingerprint density at radius 2 is 2.07 bits per heavy atom. The van der Waals surface area contributed by atoms with E-state index in [0.29, 0.717) is 19.1 Å². The molecule has 0 saturated heterocycles. The number of nitrogens with one attached hydrogen (secondary N) is 2. The maximum absolute atomic E-state index is 12.0. The van der Waals surface area contributed by atoms with Gasteiger partial charge < -0.3 is 25.0 Å². The van der Waals surface area contributed by atoms with Crippen LogP contribution in [0.3, 0.4) is 0 Å². The van der Waals surface area contributed by atoms with Crippen molar-refractivity contribution in [2.24, 2.45) is 4.99 Å². The molecule has 0 aromatic heterocycles. The highest BCUT2D eigenvalue weighted by molar-refractivity contribution is 5.85. The minimum absolute atomic E-state index is 0.0347. The van der Waals surface area contributed by atoms with Gasteiger partial charge in [-0.1, -0.05) is 18.2 Å². The van der Waals surface area contributed by atoms with Gasteiger partial charge in [-0.05, 0) is 31.7 Å². The molecule has 1 amide bonds. The Balaban J connectivity index is 1.79. The predicted molar refractivity (Wildman–Crippen MR) is 110 cm³/mol. The first-order valence-electron chi connectivity index (χ1n) is 10.0. The van der Waals surface area contributed by atoms with E-state index in [1.54, 1.807) is 26.1 Å². The van der Waals surface area contributed by atoms with Gasteiger partial charge >= 0.3 is 0 Å². The van der Waals surface area contributed by atoms with Crippen molar-refractivity contribution in [3.8, 4) is 5.75 Å². The number of ether oxygens (including phenoxy) is 2. The number of likely N-dealkylation sites (N-methyl/N-ethyl adjacent to an activating group) is 1. The largest absolute Gasteiger partial charge is 0.487 e. The number of carbonyl (C=O) groups excluding carboxylic acids is 1. The molecule has 0 radical (unpaired) electrons. The lowest BCUT2D eigenvalue weighted by Crippen LogP contribution is -2.47. The summed E-state index contributed by atoms with van der Waals surface area (Å²) in [6.07, 6.45) is 5.49. The van der Waals surface area contributed by atoms with Gasteiger partial charge in [0, 0.05) is 39.7 Å². The van der Waals surface area contributed by atoms with Crippen LogP contribution in [0.1, 0.15) is 43.7 Å². The van der Waals surface area contributed by atoms with E-state index < -0.39 is 0 Å². The van der Waals surface area contributed by atoms with Crippen molar-refractivity contribution in [1.82, 2.24) is 15.5 Å². The van der Waals surface area contributed by atoms with Gasteiger partial charge in [-0.3, -0.25) is 4.79 Å². The zero-order valence-electron chi connectivity index (χ0n) is 17.2. The minimum Gasteiger partial charge on any atom is -0.487 e. The van der Waals surface area contributed by atoms with E-state index in [1.165, 1.54) is 12.8 Å². The van der Waals surface area contributed by atoms with Crippen LogP contribution in [-0.4, -0.2) is 63.3 Å². The van der Waals surface area contributed by atoms with Crippen molar-refractivity contribution in [3.05, 3.63) is 29.8 Å². The van der Waals surface area contributed by atoms with Crippen molar-refractivity contribution in [1.29, 1.82) is 0 Å². The number of methoxy groups -OCH3 is 1. The summed E-state index contributed by atoms with van der Waals surface area (Å²) < 4.78 is 11.6. The van der Waals surface area contributed by atoms with Gasteiger partial charge in [0.25, 0.3) is 0 Å². The number of hydrogen-bond donors (Lipinski definition) is 2. The average molecular weight is 389 g/mol. The molecule has 1 aromatic carbocycles. The summed E-state index contributed by atoms with van der Waals surface area (Å²) in [5.74, 6) is 1.54. The maximum Gasteiger partial charge on any atom is 0.243 e. The van der Waals surface area contributed by atoms with Crippen LogP contribution in [0.15, 0.2) is 29.3 Å². The molecule has 1 heterocycles. The third-order valence-corrected chi connectivity index (χ3v) is 5.49. The lowest BCUT2D eigenvalue weighted by molar-refractivity contribution is -0.127. The van der Waals surface area contributed by atoms with Gasteiger partial charge in [-0.2, -0.15) is 0 Å². The summed E-state index contributed by atoms with van der Waals surface area (Å²) in [6.45, 7) is 1.29. The van der Waals surface area contributed by atoms with E-state index in [2.05, 4.69) is 21.7 Å². The highest BCUT2D eigenvalue weighted by Crippen LogP contribution is 2.46. The lowest BCUT2D eigenvalue weighted by Gasteiger charge is -2.40. The number of carbonyl (C=O) groups is 1. The fraction of sp³-hybridized carbons (Fsp3) is 0.619. The summed E-state index contributed by atoms with van der Waals surface area (Å²) in [7, 11) is 5.14. The highest BCUT2D eigenvalue weighted by Gasteiger charge is 2.43. The molecule has 1 saturated carbocycles. The Morgan fingerprint density at radius 1 is 1.32 bits per heavy atom. The summed E-state index contributed by atoms with van der Waals surface area (Å²) in [5, 5.41) is 6.82. The number of hydrogen-bond acceptors (Lipinski definition) is 4. The van der Waals surface area contributed by atoms with E-state index in [0.717, 1.165) is 30.6 Å². The topological polar surface area (TPSA) is 75.2 Å². The molecule has 1 aliphatic carbocycles. The Hall–Kier alpha value is -2.28. The molecule has 2 N–H and O–H groups in total. The van der Waals surface area contributed by atoms with Crippen LogP contribution in [0, 0.1) is 0 Å². The normalized spacial score (nSPS) is 20.4. The van der Waals surface area contributed by atoms with E-state index >= 15 is 0 Å². The molecule has 0 bridgehead atoms. The lowest BCUT2D eigenvalue weighted by atomic mass is 9.86. The number of nitrogens with zero attached hydrogens (tertiary/aromatic N) is 2. The molecular formula is C21H32N4O3. The third kappa shape index (κ3) is 4.95. The van der Waals surface area contributed by atoms with Gasteiger partial charge in [-0.15, -0.1) is 0 Å². The number of aliphatic imine (C=N–C) groups is 1. The molecule has 3 rings (SSSR count). The van der Waals surface area contributed by atoms with Crippen LogP contribution in [0.25, 0.3) is 0 Å². The number of para-hydroxylation sites is 1. The average Bonchev–Trinajstić information content (AvgIpc) is 3.13. The molecular weight excluding hydrogens is 356 g/mol. The Morgan fingerprint density at radius 3 is 2.79 bits per heavy atom. The van der Waals surface area contributed by atoms with E-state index in [-0.39, 0.29) is 24.1 Å². The second kappa shape index (κ2) is 9.28.